The van der Waals surface area contributed by atoms with Crippen LogP contribution in [0, 0.1) is 5.82 Å². The summed E-state index contributed by atoms with van der Waals surface area (Å²) in [6.45, 7) is 0. The molecule has 2 rings (SSSR count). The molecule has 0 spiro atoms. The monoisotopic (exact) mass is 333 g/mol. The van der Waals surface area contributed by atoms with Crippen LogP contribution in [0.3, 0.4) is 0 Å². The largest absolute Gasteiger partial charge is 0.465 e. The van der Waals surface area contributed by atoms with Gasteiger partial charge < -0.3 is 10.1 Å². The normalized spacial score (nSPS) is 10.2. The summed E-state index contributed by atoms with van der Waals surface area (Å²) < 4.78 is 18.0. The average Bonchev–Trinajstić information content (AvgIpc) is 2.56. The second-order valence-corrected chi connectivity index (χ2v) is 5.78. The zero-order valence-corrected chi connectivity index (χ0v) is 13.4. The number of benzene rings is 2. The van der Waals surface area contributed by atoms with Crippen LogP contribution in [0.5, 0.6) is 0 Å². The molecule has 0 aliphatic heterocycles. The van der Waals surface area contributed by atoms with Crippen molar-refractivity contribution in [3.05, 3.63) is 59.9 Å². The Labute approximate surface area is 138 Å². The van der Waals surface area contributed by atoms with Gasteiger partial charge in [0, 0.05) is 22.8 Å². The molecular formula is C17H16FNO3S. The van der Waals surface area contributed by atoms with Crippen LogP contribution in [-0.4, -0.2) is 24.7 Å². The third-order valence-corrected chi connectivity index (χ3v) is 4.06. The van der Waals surface area contributed by atoms with E-state index >= 15 is 0 Å². The van der Waals surface area contributed by atoms with Crippen molar-refractivity contribution in [1.82, 2.24) is 0 Å². The van der Waals surface area contributed by atoms with Gasteiger partial charge >= 0.3 is 5.97 Å². The molecule has 6 heteroatoms. The molecule has 1 N–H and O–H groups in total. The summed E-state index contributed by atoms with van der Waals surface area (Å²) in [4.78, 5) is 23.7. The molecule has 0 radical (unpaired) electrons. The Balaban J connectivity index is 1.81. The quantitative estimate of drug-likeness (QED) is 0.646. The molecule has 0 heterocycles. The number of thioether (sulfide) groups is 1. The van der Waals surface area contributed by atoms with E-state index in [0.29, 0.717) is 21.9 Å². The highest BCUT2D eigenvalue weighted by Crippen LogP contribution is 2.22. The van der Waals surface area contributed by atoms with Crippen molar-refractivity contribution in [3.8, 4) is 0 Å². The standard InChI is InChI=1S/C17H16FNO3S/c1-22-17(21)12-6-8-13(9-7-12)19-16(20)10-11-23-15-5-3-2-4-14(15)18/h2-9H,10-11H2,1H3,(H,19,20). The topological polar surface area (TPSA) is 55.4 Å². The minimum atomic E-state index is -0.427. The van der Waals surface area contributed by atoms with Gasteiger partial charge in [-0.3, -0.25) is 4.79 Å². The van der Waals surface area contributed by atoms with Crippen LogP contribution in [0.15, 0.2) is 53.4 Å². The van der Waals surface area contributed by atoms with Gasteiger partial charge in [0.2, 0.25) is 5.91 Å². The van der Waals surface area contributed by atoms with E-state index in [-0.39, 0.29) is 18.1 Å². The second-order valence-electron chi connectivity index (χ2n) is 4.65. The van der Waals surface area contributed by atoms with E-state index in [2.05, 4.69) is 10.1 Å². The Morgan fingerprint density at radius 1 is 1.13 bits per heavy atom. The van der Waals surface area contributed by atoms with E-state index in [0.717, 1.165) is 0 Å². The maximum atomic E-state index is 13.4. The van der Waals surface area contributed by atoms with Crippen LogP contribution < -0.4 is 5.32 Å². The highest BCUT2D eigenvalue weighted by Gasteiger charge is 2.07. The molecule has 0 atom stereocenters. The molecule has 0 saturated carbocycles. The van der Waals surface area contributed by atoms with Gasteiger partial charge in [0.05, 0.1) is 12.7 Å². The Kier molecular flexibility index (Phi) is 6.17. The molecule has 4 nitrogen and oxygen atoms in total. The SMILES string of the molecule is COC(=O)c1ccc(NC(=O)CCSc2ccccc2F)cc1. The number of halogens is 1. The fourth-order valence-electron chi connectivity index (χ4n) is 1.85. The molecule has 2 aromatic carbocycles. The summed E-state index contributed by atoms with van der Waals surface area (Å²) in [5.41, 5.74) is 1.01. The van der Waals surface area contributed by atoms with Crippen LogP contribution in [-0.2, 0) is 9.53 Å². The summed E-state index contributed by atoms with van der Waals surface area (Å²) >= 11 is 1.30. The number of carbonyl (C=O) groups excluding carboxylic acids is 2. The van der Waals surface area contributed by atoms with Crippen LogP contribution >= 0.6 is 11.8 Å². The number of anilines is 1. The molecule has 0 unspecified atom stereocenters. The molecule has 0 bridgehead atoms. The molecule has 2 aromatic rings. The summed E-state index contributed by atoms with van der Waals surface area (Å²) in [5, 5.41) is 2.73. The first-order chi connectivity index (χ1) is 11.1. The number of rotatable bonds is 6. The Morgan fingerprint density at radius 2 is 1.83 bits per heavy atom. The van der Waals surface area contributed by atoms with Crippen molar-refractivity contribution in [2.24, 2.45) is 0 Å². The minimum Gasteiger partial charge on any atom is -0.465 e. The van der Waals surface area contributed by atoms with Crippen molar-refractivity contribution < 1.29 is 18.7 Å². The first-order valence-corrected chi connectivity index (χ1v) is 7.94. The third kappa shape index (κ3) is 5.10. The first kappa shape index (κ1) is 17.0. The van der Waals surface area contributed by atoms with Gasteiger partial charge in [-0.2, -0.15) is 0 Å². The predicted octanol–water partition coefficient (Wildman–Crippen LogP) is 3.73. The zero-order valence-electron chi connectivity index (χ0n) is 12.5. The van der Waals surface area contributed by atoms with Crippen LogP contribution in [0.4, 0.5) is 10.1 Å². The van der Waals surface area contributed by atoms with Crippen LogP contribution in [0.2, 0.25) is 0 Å². The maximum Gasteiger partial charge on any atom is 0.337 e. The van der Waals surface area contributed by atoms with Crippen molar-refractivity contribution in [1.29, 1.82) is 0 Å². The smallest absolute Gasteiger partial charge is 0.337 e. The van der Waals surface area contributed by atoms with E-state index in [1.165, 1.54) is 24.9 Å². The van der Waals surface area contributed by atoms with Gasteiger partial charge in [-0.05, 0) is 36.4 Å². The fourth-order valence-corrected chi connectivity index (χ4v) is 2.73. The number of hydrogen-bond acceptors (Lipinski definition) is 4. The van der Waals surface area contributed by atoms with E-state index in [9.17, 15) is 14.0 Å². The molecule has 0 saturated heterocycles. The third-order valence-electron chi connectivity index (χ3n) is 3.01. The minimum absolute atomic E-state index is 0.167. The lowest BCUT2D eigenvalue weighted by Crippen LogP contribution is -2.12. The van der Waals surface area contributed by atoms with Crippen molar-refractivity contribution >= 4 is 29.3 Å². The fraction of sp³-hybridized carbons (Fsp3) is 0.176. The van der Waals surface area contributed by atoms with Gasteiger partial charge in [0.1, 0.15) is 5.82 Å². The van der Waals surface area contributed by atoms with Gasteiger partial charge in [0.25, 0.3) is 0 Å². The highest BCUT2D eigenvalue weighted by molar-refractivity contribution is 7.99. The Bertz CT molecular complexity index is 688. The summed E-state index contributed by atoms with van der Waals surface area (Å²) in [7, 11) is 1.31. The van der Waals surface area contributed by atoms with E-state index in [1.54, 1.807) is 42.5 Å². The van der Waals surface area contributed by atoms with E-state index in [1.807, 2.05) is 0 Å². The van der Waals surface area contributed by atoms with Gasteiger partial charge in [-0.15, -0.1) is 11.8 Å². The Morgan fingerprint density at radius 3 is 2.48 bits per heavy atom. The number of methoxy groups -OCH3 is 1. The molecule has 120 valence electrons. The van der Waals surface area contributed by atoms with Gasteiger partial charge in [-0.1, -0.05) is 12.1 Å². The van der Waals surface area contributed by atoms with Crippen molar-refractivity contribution in [2.75, 3.05) is 18.2 Å². The zero-order chi connectivity index (χ0) is 16.7. The molecule has 0 aliphatic rings. The number of hydrogen-bond donors (Lipinski definition) is 1. The van der Waals surface area contributed by atoms with Gasteiger partial charge in [-0.25, -0.2) is 9.18 Å². The lowest BCUT2D eigenvalue weighted by Gasteiger charge is -2.06. The number of nitrogens with one attached hydrogen (secondary N) is 1. The Hall–Kier alpha value is -2.34. The number of carbonyl (C=O) groups is 2. The summed E-state index contributed by atoms with van der Waals surface area (Å²) in [5.74, 6) is -0.396. The maximum absolute atomic E-state index is 13.4. The first-order valence-electron chi connectivity index (χ1n) is 6.95. The average molecular weight is 333 g/mol. The molecule has 0 aromatic heterocycles. The van der Waals surface area contributed by atoms with Crippen LogP contribution in [0.25, 0.3) is 0 Å². The molecule has 0 aliphatic carbocycles. The molecule has 0 fully saturated rings. The summed E-state index contributed by atoms with van der Waals surface area (Å²) in [6, 6.07) is 12.9. The lowest BCUT2D eigenvalue weighted by molar-refractivity contribution is -0.115. The second kappa shape index (κ2) is 8.33. The van der Waals surface area contributed by atoms with E-state index in [4.69, 9.17) is 0 Å². The molecule has 1 amide bonds. The number of esters is 1. The predicted molar refractivity (Wildman–Crippen MR) is 88.2 cm³/mol. The van der Waals surface area contributed by atoms with Crippen LogP contribution in [0.1, 0.15) is 16.8 Å². The van der Waals surface area contributed by atoms with Gasteiger partial charge in [0.15, 0.2) is 0 Å². The molecular weight excluding hydrogens is 317 g/mol. The highest BCUT2D eigenvalue weighted by atomic mass is 32.2. The van der Waals surface area contributed by atoms with E-state index < -0.39 is 5.97 Å². The summed E-state index contributed by atoms with van der Waals surface area (Å²) in [6.07, 6.45) is 0.262. The number of ether oxygens (including phenoxy) is 1. The van der Waals surface area contributed by atoms with Crippen molar-refractivity contribution in [2.45, 2.75) is 11.3 Å². The number of amides is 1. The lowest BCUT2D eigenvalue weighted by atomic mass is 10.2. The molecule has 23 heavy (non-hydrogen) atoms. The van der Waals surface area contributed by atoms with Crippen molar-refractivity contribution in [3.63, 3.8) is 0 Å².